The fourth-order valence-electron chi connectivity index (χ4n) is 2.98. The third-order valence-corrected chi connectivity index (χ3v) is 5.62. The highest BCUT2D eigenvalue weighted by Gasteiger charge is 2.21. The zero-order valence-corrected chi connectivity index (χ0v) is 17.6. The molecule has 2 aromatic carbocycles. The Labute approximate surface area is 177 Å². The summed E-state index contributed by atoms with van der Waals surface area (Å²) in [5, 5.41) is 6.96. The Morgan fingerprint density at radius 3 is 2.57 bits per heavy atom. The number of anilines is 1. The Bertz CT molecular complexity index is 1280. The zero-order valence-electron chi connectivity index (χ0n) is 16.7. The zero-order chi connectivity index (χ0) is 21.3. The summed E-state index contributed by atoms with van der Waals surface area (Å²) >= 11 is 1.21. The van der Waals surface area contributed by atoms with Crippen molar-refractivity contribution in [2.45, 2.75) is 31.2 Å². The number of aromatic nitrogens is 3. The van der Waals surface area contributed by atoms with Gasteiger partial charge in [-0.25, -0.2) is 4.98 Å². The molecule has 7 nitrogen and oxygen atoms in total. The Hall–Kier alpha value is -3.39. The third kappa shape index (κ3) is 3.99. The van der Waals surface area contributed by atoms with Gasteiger partial charge in [-0.2, -0.15) is 0 Å². The van der Waals surface area contributed by atoms with Gasteiger partial charge in [0.1, 0.15) is 5.76 Å². The molecule has 0 spiro atoms. The molecule has 30 heavy (non-hydrogen) atoms. The third-order valence-electron chi connectivity index (χ3n) is 4.57. The maximum Gasteiger partial charge on any atom is 0.266 e. The first kappa shape index (κ1) is 19.9. The van der Waals surface area contributed by atoms with E-state index >= 15 is 0 Å². The molecule has 152 valence electrons. The van der Waals surface area contributed by atoms with Crippen molar-refractivity contribution in [1.29, 1.82) is 0 Å². The van der Waals surface area contributed by atoms with Gasteiger partial charge in [0.15, 0.2) is 11.0 Å². The molecule has 1 atom stereocenters. The summed E-state index contributed by atoms with van der Waals surface area (Å²) in [6.07, 6.45) is 0. The van der Waals surface area contributed by atoms with Crippen LogP contribution in [0.25, 0.3) is 16.6 Å². The molecule has 0 aliphatic carbocycles. The number of hydrogen-bond donors (Lipinski definition) is 1. The second kappa shape index (κ2) is 8.16. The summed E-state index contributed by atoms with van der Waals surface area (Å²) in [5.74, 6) is 0.702. The predicted molar refractivity (Wildman–Crippen MR) is 117 cm³/mol. The molecular formula is C22H20N4O3S. The van der Waals surface area contributed by atoms with E-state index < -0.39 is 5.25 Å². The first-order valence-corrected chi connectivity index (χ1v) is 10.3. The Kier molecular flexibility index (Phi) is 5.41. The van der Waals surface area contributed by atoms with E-state index in [4.69, 9.17) is 4.52 Å². The topological polar surface area (TPSA) is 90.0 Å². The lowest BCUT2D eigenvalue weighted by Crippen LogP contribution is -2.26. The SMILES string of the molecule is Cc1ccc(-n2c(SC(C)C(=O)Nc3cc(C)on3)nc3ccccc3c2=O)cc1. The summed E-state index contributed by atoms with van der Waals surface area (Å²) in [4.78, 5) is 30.6. The number of nitrogens with zero attached hydrogens (tertiary/aromatic N) is 3. The van der Waals surface area contributed by atoms with Crippen molar-refractivity contribution in [2.75, 3.05) is 5.32 Å². The highest BCUT2D eigenvalue weighted by molar-refractivity contribution is 8.00. The molecule has 0 radical (unpaired) electrons. The highest BCUT2D eigenvalue weighted by Crippen LogP contribution is 2.26. The summed E-state index contributed by atoms with van der Waals surface area (Å²) in [6, 6.07) is 16.5. The molecule has 4 aromatic rings. The second-order valence-corrected chi connectivity index (χ2v) is 8.27. The van der Waals surface area contributed by atoms with Crippen LogP contribution in [0, 0.1) is 13.8 Å². The summed E-state index contributed by atoms with van der Waals surface area (Å²) in [5.41, 5.74) is 2.20. The predicted octanol–water partition coefficient (Wildman–Crippen LogP) is 4.11. The number of benzene rings is 2. The number of aryl methyl sites for hydroxylation is 2. The molecule has 1 amide bonds. The van der Waals surface area contributed by atoms with Gasteiger partial charge < -0.3 is 9.84 Å². The van der Waals surface area contributed by atoms with Crippen molar-refractivity contribution in [2.24, 2.45) is 0 Å². The van der Waals surface area contributed by atoms with Crippen molar-refractivity contribution in [3.05, 3.63) is 76.3 Å². The molecule has 0 saturated carbocycles. The summed E-state index contributed by atoms with van der Waals surface area (Å²) < 4.78 is 6.54. The largest absolute Gasteiger partial charge is 0.360 e. The van der Waals surface area contributed by atoms with Gasteiger partial charge >= 0.3 is 0 Å². The lowest BCUT2D eigenvalue weighted by Gasteiger charge is -2.16. The number of rotatable bonds is 5. The molecule has 0 fully saturated rings. The van der Waals surface area contributed by atoms with E-state index in [2.05, 4.69) is 15.5 Å². The van der Waals surface area contributed by atoms with Gasteiger partial charge in [0, 0.05) is 6.07 Å². The van der Waals surface area contributed by atoms with E-state index in [0.717, 1.165) is 5.56 Å². The van der Waals surface area contributed by atoms with Crippen molar-refractivity contribution in [3.63, 3.8) is 0 Å². The fourth-order valence-corrected chi connectivity index (χ4v) is 3.90. The summed E-state index contributed by atoms with van der Waals surface area (Å²) in [6.45, 7) is 5.49. The van der Waals surface area contributed by atoms with Crippen LogP contribution in [0.5, 0.6) is 0 Å². The quantitative estimate of drug-likeness (QED) is 0.386. The molecule has 0 saturated heterocycles. The van der Waals surface area contributed by atoms with Gasteiger partial charge in [0.25, 0.3) is 5.56 Å². The first-order chi connectivity index (χ1) is 14.4. The number of nitrogens with one attached hydrogen (secondary N) is 1. The minimum atomic E-state index is -0.522. The van der Waals surface area contributed by atoms with Crippen molar-refractivity contribution < 1.29 is 9.32 Å². The standard InChI is InChI=1S/C22H20N4O3S/c1-13-8-10-16(11-9-13)26-21(28)17-6-4-5-7-18(17)23-22(26)30-15(3)20(27)24-19-12-14(2)29-25-19/h4-12,15H,1-3H3,(H,24,25,27). The second-order valence-electron chi connectivity index (χ2n) is 6.96. The maximum absolute atomic E-state index is 13.3. The van der Waals surface area contributed by atoms with E-state index in [1.54, 1.807) is 36.6 Å². The summed E-state index contributed by atoms with van der Waals surface area (Å²) in [7, 11) is 0. The Morgan fingerprint density at radius 2 is 1.87 bits per heavy atom. The van der Waals surface area contributed by atoms with Crippen LogP contribution in [0.2, 0.25) is 0 Å². The number of amides is 1. The number of hydrogen-bond acceptors (Lipinski definition) is 6. The van der Waals surface area contributed by atoms with Crippen LogP contribution in [0.15, 0.2) is 69.1 Å². The lowest BCUT2D eigenvalue weighted by molar-refractivity contribution is -0.115. The lowest BCUT2D eigenvalue weighted by atomic mass is 10.2. The maximum atomic E-state index is 13.3. The van der Waals surface area contributed by atoms with Gasteiger partial charge in [-0.15, -0.1) is 0 Å². The molecule has 1 unspecified atom stereocenters. The van der Waals surface area contributed by atoms with Gasteiger partial charge in [-0.3, -0.25) is 14.2 Å². The molecule has 0 bridgehead atoms. The van der Waals surface area contributed by atoms with E-state index in [9.17, 15) is 9.59 Å². The number of fused-ring (bicyclic) bond motifs is 1. The first-order valence-electron chi connectivity index (χ1n) is 9.42. The minimum Gasteiger partial charge on any atom is -0.360 e. The fraction of sp³-hybridized carbons (Fsp3) is 0.182. The molecule has 0 aliphatic heterocycles. The Morgan fingerprint density at radius 1 is 1.13 bits per heavy atom. The van der Waals surface area contributed by atoms with Crippen molar-refractivity contribution in [1.82, 2.24) is 14.7 Å². The molecule has 0 aliphatic rings. The van der Waals surface area contributed by atoms with Crippen LogP contribution in [0.1, 0.15) is 18.2 Å². The molecule has 2 heterocycles. The molecule has 4 rings (SSSR count). The average molecular weight is 420 g/mol. The van der Waals surface area contributed by atoms with Crippen LogP contribution < -0.4 is 10.9 Å². The number of carbonyl (C=O) groups is 1. The van der Waals surface area contributed by atoms with Gasteiger partial charge in [0.2, 0.25) is 5.91 Å². The van der Waals surface area contributed by atoms with E-state index in [1.807, 2.05) is 43.3 Å². The number of thioether (sulfide) groups is 1. The molecule has 2 aromatic heterocycles. The van der Waals surface area contributed by atoms with Crippen LogP contribution in [-0.4, -0.2) is 25.9 Å². The average Bonchev–Trinajstić information content (AvgIpc) is 3.14. The van der Waals surface area contributed by atoms with E-state index in [0.29, 0.717) is 33.3 Å². The highest BCUT2D eigenvalue weighted by atomic mass is 32.2. The number of para-hydroxylation sites is 1. The number of carbonyl (C=O) groups excluding carboxylic acids is 1. The molecule has 1 N–H and O–H groups in total. The molecular weight excluding hydrogens is 400 g/mol. The van der Waals surface area contributed by atoms with Crippen molar-refractivity contribution >= 4 is 34.4 Å². The normalized spacial score (nSPS) is 12.1. The van der Waals surface area contributed by atoms with E-state index in [1.165, 1.54) is 11.8 Å². The Balaban J connectivity index is 1.73. The van der Waals surface area contributed by atoms with Crippen LogP contribution >= 0.6 is 11.8 Å². The monoisotopic (exact) mass is 420 g/mol. The van der Waals surface area contributed by atoms with Gasteiger partial charge in [-0.05, 0) is 45.0 Å². The minimum absolute atomic E-state index is 0.174. The van der Waals surface area contributed by atoms with Crippen LogP contribution in [-0.2, 0) is 4.79 Å². The van der Waals surface area contributed by atoms with Crippen molar-refractivity contribution in [3.8, 4) is 5.69 Å². The van der Waals surface area contributed by atoms with Gasteiger partial charge in [-0.1, -0.05) is 46.7 Å². The molecule has 8 heteroatoms. The van der Waals surface area contributed by atoms with Crippen LogP contribution in [0.3, 0.4) is 0 Å². The smallest absolute Gasteiger partial charge is 0.266 e. The van der Waals surface area contributed by atoms with E-state index in [-0.39, 0.29) is 11.5 Å². The van der Waals surface area contributed by atoms with Crippen LogP contribution in [0.4, 0.5) is 5.82 Å². The van der Waals surface area contributed by atoms with Gasteiger partial charge in [0.05, 0.1) is 21.8 Å².